The molecule has 0 radical (unpaired) electrons. The molecule has 0 bridgehead atoms. The molecule has 4 rings (SSSR count). The Balaban J connectivity index is 1.84. The van der Waals surface area contributed by atoms with E-state index in [4.69, 9.17) is 23.2 Å². The van der Waals surface area contributed by atoms with Crippen molar-refractivity contribution in [1.82, 2.24) is 0 Å². The van der Waals surface area contributed by atoms with E-state index in [9.17, 15) is 26.3 Å². The monoisotopic (exact) mass is 630 g/mol. The molecule has 2 aliphatic rings. The zero-order chi connectivity index (χ0) is 29.6. The Morgan fingerprint density at radius 3 is 1.22 bits per heavy atom. The third-order valence-corrected chi connectivity index (χ3v) is 9.00. The summed E-state index contributed by atoms with van der Waals surface area (Å²) in [6.45, 7) is 0. The van der Waals surface area contributed by atoms with Gasteiger partial charge in [0.05, 0.1) is 22.3 Å². The molecule has 0 amide bonds. The quantitative estimate of drug-likeness (QED) is 0.181. The van der Waals surface area contributed by atoms with Gasteiger partial charge in [-0.25, -0.2) is 0 Å². The van der Waals surface area contributed by atoms with Crippen LogP contribution in [0.15, 0.2) is 34.1 Å². The summed E-state index contributed by atoms with van der Waals surface area (Å²) < 4.78 is 85.0. The van der Waals surface area contributed by atoms with Gasteiger partial charge in [0.25, 0.3) is 0 Å². The molecule has 0 atom stereocenters. The van der Waals surface area contributed by atoms with E-state index in [1.165, 1.54) is 12.1 Å². The minimum Gasteiger partial charge on any atom is -0.166 e. The molecule has 0 unspecified atom stereocenters. The third-order valence-electron chi connectivity index (χ3n) is 7.48. The van der Waals surface area contributed by atoms with Crippen LogP contribution in [0.2, 0.25) is 10.0 Å². The van der Waals surface area contributed by atoms with Crippen LogP contribution < -0.4 is 0 Å². The molecule has 2 fully saturated rings. The lowest BCUT2D eigenvalue weighted by Gasteiger charge is -2.17. The van der Waals surface area contributed by atoms with Gasteiger partial charge in [-0.3, -0.25) is 0 Å². The molecule has 2 aliphatic carbocycles. The summed E-state index contributed by atoms with van der Waals surface area (Å²) in [5.41, 5.74) is -2.63. The van der Waals surface area contributed by atoms with E-state index in [2.05, 4.69) is 23.7 Å². The van der Waals surface area contributed by atoms with Gasteiger partial charge in [0.2, 0.25) is 0 Å². The van der Waals surface area contributed by atoms with Gasteiger partial charge in [-0.15, -0.1) is 0 Å². The van der Waals surface area contributed by atoms with Crippen LogP contribution in [-0.2, 0) is 12.4 Å². The van der Waals surface area contributed by atoms with E-state index in [1.807, 2.05) is 0 Å². The average Bonchev–Trinajstić information content (AvgIpc) is 3.31. The first-order chi connectivity index (χ1) is 19.4. The molecule has 0 aromatic heterocycles. The minimum atomic E-state index is -4.76. The second-order valence-corrected chi connectivity index (χ2v) is 12.6. The zero-order valence-corrected chi connectivity index (χ0v) is 24.7. The minimum absolute atomic E-state index is 0.0128. The molecule has 0 nitrogen and oxygen atoms in total. The second kappa shape index (κ2) is 14.0. The lowest BCUT2D eigenvalue weighted by Crippen LogP contribution is -2.10. The molecule has 2 aromatic carbocycles. The number of benzene rings is 2. The highest BCUT2D eigenvalue weighted by molar-refractivity contribution is 7.99. The van der Waals surface area contributed by atoms with Crippen LogP contribution in [0.25, 0.3) is 0 Å². The summed E-state index contributed by atoms with van der Waals surface area (Å²) in [4.78, 5) is 0.0257. The van der Waals surface area contributed by atoms with Crippen LogP contribution in [0.1, 0.15) is 99.3 Å². The van der Waals surface area contributed by atoms with Crippen molar-refractivity contribution in [2.75, 3.05) is 0 Å². The Labute approximate surface area is 251 Å². The predicted octanol–water partition coefficient (Wildman–Crippen LogP) is 11.8. The standard InChI is InChI=1S/C32H30Cl2F6S/c33-23-17-27(31(35,36)37)25(15-13-21-9-5-1-2-6-10-21)29(19-23)41-30-20-24(34)18-28(32(38,39)40)26(30)16-14-22-11-7-3-4-8-12-22/h17-22H,1-12H2. The van der Waals surface area contributed by atoms with Gasteiger partial charge in [-0.2, -0.15) is 26.3 Å². The van der Waals surface area contributed by atoms with Crippen molar-refractivity contribution >= 4 is 35.0 Å². The molecule has 2 saturated carbocycles. The Hall–Kier alpha value is -1.93. The number of rotatable bonds is 2. The van der Waals surface area contributed by atoms with E-state index in [0.29, 0.717) is 0 Å². The van der Waals surface area contributed by atoms with E-state index >= 15 is 0 Å². The average molecular weight is 632 g/mol. The van der Waals surface area contributed by atoms with Crippen LogP contribution in [0.5, 0.6) is 0 Å². The maximum absolute atomic E-state index is 14.2. The maximum atomic E-state index is 14.2. The molecule has 0 heterocycles. The molecule has 2 aromatic rings. The van der Waals surface area contributed by atoms with Gasteiger partial charge in [0, 0.05) is 31.7 Å². The lowest BCUT2D eigenvalue weighted by atomic mass is 9.99. The Morgan fingerprint density at radius 1 is 0.561 bits per heavy atom. The van der Waals surface area contributed by atoms with E-state index in [0.717, 1.165) is 101 Å². The van der Waals surface area contributed by atoms with Gasteiger partial charge < -0.3 is 0 Å². The van der Waals surface area contributed by atoms with Gasteiger partial charge in [-0.1, -0.05) is 110 Å². The highest BCUT2D eigenvalue weighted by Crippen LogP contribution is 2.44. The summed E-state index contributed by atoms with van der Waals surface area (Å²) in [7, 11) is 0. The predicted molar refractivity (Wildman–Crippen MR) is 153 cm³/mol. The number of hydrogen-bond acceptors (Lipinski definition) is 1. The zero-order valence-electron chi connectivity index (χ0n) is 22.4. The SMILES string of the molecule is FC(F)(F)c1cc(Cl)cc(Sc2cc(Cl)cc(C(F)(F)F)c2C#CC2CCCCCC2)c1C#CC1CCCCCC1. The van der Waals surface area contributed by atoms with Crippen LogP contribution in [0.4, 0.5) is 26.3 Å². The summed E-state index contributed by atoms with van der Waals surface area (Å²) in [6, 6.07) is 4.26. The van der Waals surface area contributed by atoms with Gasteiger partial charge in [0.1, 0.15) is 0 Å². The van der Waals surface area contributed by atoms with Crippen LogP contribution in [-0.4, -0.2) is 0 Å². The summed E-state index contributed by atoms with van der Waals surface area (Å²) in [5, 5.41) is -0.381. The number of halogens is 8. The highest BCUT2D eigenvalue weighted by atomic mass is 35.5. The highest BCUT2D eigenvalue weighted by Gasteiger charge is 2.37. The number of hydrogen-bond donors (Lipinski definition) is 0. The molecule has 9 heteroatoms. The molecule has 41 heavy (non-hydrogen) atoms. The first-order valence-corrected chi connectivity index (χ1v) is 15.5. The summed E-state index contributed by atoms with van der Waals surface area (Å²) >= 11 is 13.0. The van der Waals surface area contributed by atoms with Gasteiger partial charge >= 0.3 is 12.4 Å². The Morgan fingerprint density at radius 2 is 0.902 bits per heavy atom. The van der Waals surface area contributed by atoms with Crippen molar-refractivity contribution in [3.8, 4) is 23.7 Å². The van der Waals surface area contributed by atoms with Crippen LogP contribution in [0.3, 0.4) is 0 Å². The van der Waals surface area contributed by atoms with Crippen LogP contribution >= 0.6 is 35.0 Å². The lowest BCUT2D eigenvalue weighted by molar-refractivity contribution is -0.138. The molecule has 0 N–H and O–H groups in total. The normalized spacial score (nSPS) is 17.6. The molecule has 0 aliphatic heterocycles. The maximum Gasteiger partial charge on any atom is 0.417 e. The Kier molecular flexibility index (Phi) is 10.9. The van der Waals surface area contributed by atoms with Crippen molar-refractivity contribution in [2.45, 2.75) is 99.2 Å². The van der Waals surface area contributed by atoms with Crippen molar-refractivity contribution in [2.24, 2.45) is 11.8 Å². The molecular weight excluding hydrogens is 601 g/mol. The van der Waals surface area contributed by atoms with E-state index in [-0.39, 0.29) is 42.8 Å². The van der Waals surface area contributed by atoms with E-state index < -0.39 is 23.5 Å². The topological polar surface area (TPSA) is 0 Å². The fourth-order valence-electron chi connectivity index (χ4n) is 5.34. The largest absolute Gasteiger partial charge is 0.417 e. The fraction of sp³-hybridized carbons (Fsp3) is 0.500. The first-order valence-electron chi connectivity index (χ1n) is 13.9. The van der Waals surface area contributed by atoms with Crippen molar-refractivity contribution in [3.63, 3.8) is 0 Å². The first kappa shape index (κ1) is 32.0. The molecule has 0 spiro atoms. The Bertz CT molecular complexity index is 1240. The van der Waals surface area contributed by atoms with Crippen LogP contribution in [0, 0.1) is 35.5 Å². The molecule has 220 valence electrons. The van der Waals surface area contributed by atoms with Gasteiger partial charge in [-0.05, 0) is 49.9 Å². The second-order valence-electron chi connectivity index (χ2n) is 10.7. The summed E-state index contributed by atoms with van der Waals surface area (Å²) in [5.74, 6) is 11.5. The third kappa shape index (κ3) is 9.03. The van der Waals surface area contributed by atoms with E-state index in [1.54, 1.807) is 0 Å². The molecular formula is C32H30Cl2F6S. The number of alkyl halides is 6. The van der Waals surface area contributed by atoms with Crippen molar-refractivity contribution in [3.05, 3.63) is 56.6 Å². The molecule has 0 saturated heterocycles. The van der Waals surface area contributed by atoms with Crippen molar-refractivity contribution < 1.29 is 26.3 Å². The summed E-state index contributed by atoms with van der Waals surface area (Å²) in [6.07, 6.45) is 1.76. The smallest absolute Gasteiger partial charge is 0.166 e. The fourth-order valence-corrected chi connectivity index (χ4v) is 7.04. The van der Waals surface area contributed by atoms with Gasteiger partial charge in [0.15, 0.2) is 0 Å². The van der Waals surface area contributed by atoms with Crippen molar-refractivity contribution in [1.29, 1.82) is 0 Å².